The summed E-state index contributed by atoms with van der Waals surface area (Å²) in [4.78, 5) is 8.91. The third-order valence-electron chi connectivity index (χ3n) is 6.09. The molecule has 20 heavy (non-hydrogen) atoms. The van der Waals surface area contributed by atoms with E-state index >= 15 is 0 Å². The van der Waals surface area contributed by atoms with Crippen LogP contribution in [0.2, 0.25) is 0 Å². The summed E-state index contributed by atoms with van der Waals surface area (Å²) in [5.41, 5.74) is 7.44. The fourth-order valence-electron chi connectivity index (χ4n) is 5.47. The minimum atomic E-state index is 0.0254. The van der Waals surface area contributed by atoms with E-state index in [4.69, 9.17) is 5.73 Å². The zero-order valence-electron chi connectivity index (χ0n) is 12.3. The van der Waals surface area contributed by atoms with Crippen molar-refractivity contribution < 1.29 is 0 Å². The first-order chi connectivity index (χ1) is 9.69. The van der Waals surface area contributed by atoms with Crippen molar-refractivity contribution in [1.82, 2.24) is 9.97 Å². The van der Waals surface area contributed by atoms with Crippen LogP contribution in [-0.4, -0.2) is 9.97 Å². The van der Waals surface area contributed by atoms with Crippen molar-refractivity contribution in [1.29, 1.82) is 0 Å². The maximum atomic E-state index is 6.42. The van der Waals surface area contributed by atoms with Gasteiger partial charge in [-0.15, -0.1) is 0 Å². The quantitative estimate of drug-likeness (QED) is 0.918. The van der Waals surface area contributed by atoms with E-state index in [1.54, 1.807) is 0 Å². The van der Waals surface area contributed by atoms with E-state index in [9.17, 15) is 0 Å². The van der Waals surface area contributed by atoms with Gasteiger partial charge in [-0.2, -0.15) is 0 Å². The number of aryl methyl sites for hydroxylation is 1. The lowest BCUT2D eigenvalue weighted by Gasteiger charge is -2.55. The predicted octanol–water partition coefficient (Wildman–Crippen LogP) is 3.25. The lowest BCUT2D eigenvalue weighted by Crippen LogP contribution is -2.45. The lowest BCUT2D eigenvalue weighted by molar-refractivity contribution is -0.0423. The summed E-state index contributed by atoms with van der Waals surface area (Å²) < 4.78 is 0. The molecule has 0 spiro atoms. The molecule has 0 aromatic carbocycles. The average molecular weight is 271 g/mol. The molecule has 1 heterocycles. The Morgan fingerprint density at radius 2 is 1.80 bits per heavy atom. The number of rotatable bonds is 3. The van der Waals surface area contributed by atoms with E-state index in [1.807, 2.05) is 19.2 Å². The van der Waals surface area contributed by atoms with E-state index in [0.717, 1.165) is 47.5 Å². The van der Waals surface area contributed by atoms with Crippen LogP contribution in [0.1, 0.15) is 56.1 Å². The second-order valence-corrected chi connectivity index (χ2v) is 7.49. The van der Waals surface area contributed by atoms with Crippen molar-refractivity contribution >= 4 is 0 Å². The van der Waals surface area contributed by atoms with Crippen LogP contribution in [0.4, 0.5) is 0 Å². The van der Waals surface area contributed by atoms with Crippen molar-refractivity contribution in [2.45, 2.75) is 51.5 Å². The molecule has 4 aliphatic carbocycles. The molecule has 4 saturated carbocycles. The smallest absolute Gasteiger partial charge is 0.145 e. The Morgan fingerprint density at radius 3 is 2.40 bits per heavy atom. The molecular formula is C17H25N3. The molecule has 1 atom stereocenters. The summed E-state index contributed by atoms with van der Waals surface area (Å²) in [6, 6.07) is 1.97. The first-order valence-electron chi connectivity index (χ1n) is 8.24. The van der Waals surface area contributed by atoms with E-state index in [0.29, 0.717) is 0 Å². The molecular weight excluding hydrogens is 246 g/mol. The van der Waals surface area contributed by atoms with Crippen LogP contribution in [0.25, 0.3) is 0 Å². The van der Waals surface area contributed by atoms with Crippen molar-refractivity contribution in [3.05, 3.63) is 23.8 Å². The molecule has 4 bridgehead atoms. The average Bonchev–Trinajstić information content (AvgIpc) is 2.42. The molecule has 0 aliphatic heterocycles. The first-order valence-corrected chi connectivity index (χ1v) is 8.24. The molecule has 3 nitrogen and oxygen atoms in total. The molecule has 0 amide bonds. The summed E-state index contributed by atoms with van der Waals surface area (Å²) in [7, 11) is 0. The van der Waals surface area contributed by atoms with E-state index in [-0.39, 0.29) is 6.04 Å². The van der Waals surface area contributed by atoms with Gasteiger partial charge in [-0.25, -0.2) is 9.97 Å². The highest BCUT2D eigenvalue weighted by Crippen LogP contribution is 2.57. The summed E-state index contributed by atoms with van der Waals surface area (Å²) in [6.07, 6.45) is 10.3. The van der Waals surface area contributed by atoms with Gasteiger partial charge in [-0.05, 0) is 81.1 Å². The van der Waals surface area contributed by atoms with Crippen LogP contribution in [0.15, 0.2) is 12.3 Å². The predicted molar refractivity (Wildman–Crippen MR) is 78.8 cm³/mol. The number of nitrogens with two attached hydrogens (primary N) is 1. The minimum Gasteiger partial charge on any atom is -0.321 e. The molecule has 4 aliphatic rings. The van der Waals surface area contributed by atoms with Crippen LogP contribution < -0.4 is 5.73 Å². The van der Waals surface area contributed by atoms with Gasteiger partial charge in [0.1, 0.15) is 5.82 Å². The second-order valence-electron chi connectivity index (χ2n) is 7.49. The number of nitrogens with zero attached hydrogens (tertiary/aromatic N) is 2. The standard InChI is InChI=1S/C17H25N3/c1-10-2-3-19-17(20-10)16(18)9-15-13-5-11-4-12(7-13)8-14(15)6-11/h2-3,11-16H,4-9,18H2,1H3. The maximum absolute atomic E-state index is 6.42. The van der Waals surface area contributed by atoms with Gasteiger partial charge in [-0.3, -0.25) is 0 Å². The van der Waals surface area contributed by atoms with Gasteiger partial charge in [0.05, 0.1) is 6.04 Å². The SMILES string of the molecule is Cc1ccnc(C(N)CC2C3CC4CC(C3)CC2C4)n1. The highest BCUT2D eigenvalue weighted by molar-refractivity contribution is 5.05. The Morgan fingerprint density at radius 1 is 1.15 bits per heavy atom. The first kappa shape index (κ1) is 12.8. The van der Waals surface area contributed by atoms with E-state index < -0.39 is 0 Å². The van der Waals surface area contributed by atoms with Crippen LogP contribution in [0, 0.1) is 36.5 Å². The summed E-state index contributed by atoms with van der Waals surface area (Å²) >= 11 is 0. The fourth-order valence-corrected chi connectivity index (χ4v) is 5.47. The highest BCUT2D eigenvalue weighted by Gasteiger charge is 2.48. The molecule has 1 unspecified atom stereocenters. The highest BCUT2D eigenvalue weighted by atomic mass is 14.9. The van der Waals surface area contributed by atoms with Gasteiger partial charge in [0, 0.05) is 11.9 Å². The van der Waals surface area contributed by atoms with E-state index in [2.05, 4.69) is 9.97 Å². The number of aromatic nitrogens is 2. The van der Waals surface area contributed by atoms with Crippen LogP contribution >= 0.6 is 0 Å². The summed E-state index contributed by atoms with van der Waals surface area (Å²) in [5.74, 6) is 5.66. The molecule has 4 fully saturated rings. The maximum Gasteiger partial charge on any atom is 0.145 e. The minimum absolute atomic E-state index is 0.0254. The molecule has 0 radical (unpaired) electrons. The Kier molecular flexibility index (Phi) is 3.06. The van der Waals surface area contributed by atoms with E-state index in [1.165, 1.54) is 32.1 Å². The largest absolute Gasteiger partial charge is 0.321 e. The van der Waals surface area contributed by atoms with Crippen molar-refractivity contribution in [3.8, 4) is 0 Å². The Labute approximate surface area is 121 Å². The van der Waals surface area contributed by atoms with Gasteiger partial charge < -0.3 is 5.73 Å². The zero-order valence-corrected chi connectivity index (χ0v) is 12.3. The normalized spacial score (nSPS) is 40.0. The topological polar surface area (TPSA) is 51.8 Å². The number of hydrogen-bond donors (Lipinski definition) is 1. The Balaban J connectivity index is 1.49. The van der Waals surface area contributed by atoms with Crippen LogP contribution in [0.3, 0.4) is 0 Å². The molecule has 1 aromatic heterocycles. The lowest BCUT2D eigenvalue weighted by atomic mass is 9.51. The van der Waals surface area contributed by atoms with Gasteiger partial charge in [-0.1, -0.05) is 0 Å². The summed E-state index contributed by atoms with van der Waals surface area (Å²) in [6.45, 7) is 2.01. The zero-order chi connectivity index (χ0) is 13.7. The van der Waals surface area contributed by atoms with Crippen LogP contribution in [0.5, 0.6) is 0 Å². The van der Waals surface area contributed by atoms with Gasteiger partial charge in [0.2, 0.25) is 0 Å². The number of hydrogen-bond acceptors (Lipinski definition) is 3. The van der Waals surface area contributed by atoms with Crippen LogP contribution in [-0.2, 0) is 0 Å². The molecule has 108 valence electrons. The molecule has 0 saturated heterocycles. The van der Waals surface area contributed by atoms with Gasteiger partial charge >= 0.3 is 0 Å². The Hall–Kier alpha value is -0.960. The summed E-state index contributed by atoms with van der Waals surface area (Å²) in [5, 5.41) is 0. The molecule has 2 N–H and O–H groups in total. The van der Waals surface area contributed by atoms with Gasteiger partial charge in [0.15, 0.2) is 0 Å². The van der Waals surface area contributed by atoms with Crippen molar-refractivity contribution in [3.63, 3.8) is 0 Å². The van der Waals surface area contributed by atoms with Crippen molar-refractivity contribution in [2.75, 3.05) is 0 Å². The molecule has 3 heteroatoms. The van der Waals surface area contributed by atoms with Gasteiger partial charge in [0.25, 0.3) is 0 Å². The molecule has 5 rings (SSSR count). The third-order valence-corrected chi connectivity index (χ3v) is 6.09. The fraction of sp³-hybridized carbons (Fsp3) is 0.765. The third kappa shape index (κ3) is 2.16. The molecule has 1 aromatic rings. The van der Waals surface area contributed by atoms with Crippen molar-refractivity contribution in [2.24, 2.45) is 35.3 Å². The Bertz CT molecular complexity index is 471. The second kappa shape index (κ2) is 4.80. The monoisotopic (exact) mass is 271 g/mol.